The number of carbonyl (C=O) groups excluding carboxylic acids is 1. The number of H-pyrrole nitrogens is 1. The zero-order valence-electron chi connectivity index (χ0n) is 16.2. The maximum Gasteiger partial charge on any atom is 0.257 e. The Balaban J connectivity index is 1.50. The number of nitrogens with one attached hydrogen (secondary N) is 2. The molecule has 4 rings (SSSR count). The standard InChI is InChI=1S/C22H21FN4O3/c23-18-2-1-3-20-16(18)12-17(21(28)26-20)19(24)13-25-15-6-4-14(5-7-15)22(29)27-8-10-30-11-9-27/h1-7,12-13,25H,8-11,24H2,(H,26,28)/b19-13-. The summed E-state index contributed by atoms with van der Waals surface area (Å²) >= 11 is 0. The van der Waals surface area contributed by atoms with E-state index in [2.05, 4.69) is 10.3 Å². The maximum absolute atomic E-state index is 14.0. The number of aromatic nitrogens is 1. The molecule has 0 bridgehead atoms. The monoisotopic (exact) mass is 408 g/mol. The summed E-state index contributed by atoms with van der Waals surface area (Å²) in [5, 5.41) is 3.29. The Morgan fingerprint density at radius 3 is 2.63 bits per heavy atom. The molecular formula is C22H21FN4O3. The van der Waals surface area contributed by atoms with Crippen molar-refractivity contribution in [2.45, 2.75) is 0 Å². The Kier molecular flexibility index (Phi) is 5.49. The Hall–Kier alpha value is -3.65. The second kappa shape index (κ2) is 8.38. The van der Waals surface area contributed by atoms with Crippen molar-refractivity contribution >= 4 is 28.2 Å². The second-order valence-electron chi connectivity index (χ2n) is 6.94. The van der Waals surface area contributed by atoms with Crippen molar-refractivity contribution in [2.75, 3.05) is 31.6 Å². The smallest absolute Gasteiger partial charge is 0.257 e. The van der Waals surface area contributed by atoms with E-state index < -0.39 is 11.4 Å². The first-order valence-corrected chi connectivity index (χ1v) is 9.54. The van der Waals surface area contributed by atoms with Gasteiger partial charge in [0.1, 0.15) is 5.82 Å². The van der Waals surface area contributed by atoms with Gasteiger partial charge in [0.2, 0.25) is 0 Å². The highest BCUT2D eigenvalue weighted by molar-refractivity contribution is 5.94. The van der Waals surface area contributed by atoms with Crippen LogP contribution in [0.2, 0.25) is 0 Å². The molecule has 3 aromatic rings. The zero-order chi connectivity index (χ0) is 21.1. The number of nitrogens with two attached hydrogens (primary N) is 1. The van der Waals surface area contributed by atoms with Crippen molar-refractivity contribution in [1.82, 2.24) is 9.88 Å². The molecule has 1 amide bonds. The van der Waals surface area contributed by atoms with E-state index in [1.165, 1.54) is 24.4 Å². The third-order valence-corrected chi connectivity index (χ3v) is 4.97. The number of pyridine rings is 1. The number of hydrogen-bond acceptors (Lipinski definition) is 5. The summed E-state index contributed by atoms with van der Waals surface area (Å²) in [5.41, 5.74) is 7.65. The van der Waals surface area contributed by atoms with Gasteiger partial charge in [0, 0.05) is 35.9 Å². The van der Waals surface area contributed by atoms with Crippen LogP contribution in [-0.4, -0.2) is 42.1 Å². The summed E-state index contributed by atoms with van der Waals surface area (Å²) in [6.07, 6.45) is 1.47. The summed E-state index contributed by atoms with van der Waals surface area (Å²) in [5.74, 6) is -0.476. The molecule has 0 radical (unpaired) electrons. The molecule has 8 heteroatoms. The fourth-order valence-electron chi connectivity index (χ4n) is 3.30. The van der Waals surface area contributed by atoms with E-state index in [1.807, 2.05) is 0 Å². The number of aromatic amines is 1. The van der Waals surface area contributed by atoms with Gasteiger partial charge in [-0.05, 0) is 42.5 Å². The number of fused-ring (bicyclic) bond motifs is 1. The van der Waals surface area contributed by atoms with Gasteiger partial charge in [-0.1, -0.05) is 6.07 Å². The van der Waals surface area contributed by atoms with E-state index in [1.54, 1.807) is 35.2 Å². The van der Waals surface area contributed by atoms with Crippen LogP contribution in [0.4, 0.5) is 10.1 Å². The quantitative estimate of drug-likeness (QED) is 0.616. The van der Waals surface area contributed by atoms with Crippen LogP contribution >= 0.6 is 0 Å². The molecule has 1 fully saturated rings. The van der Waals surface area contributed by atoms with Gasteiger partial charge in [-0.3, -0.25) is 9.59 Å². The minimum atomic E-state index is -0.439. The molecule has 0 aliphatic carbocycles. The lowest BCUT2D eigenvalue weighted by atomic mass is 10.1. The SMILES string of the molecule is N/C(=C\Nc1ccc(C(=O)N2CCOCC2)cc1)c1cc2c(F)cccc2[nH]c1=O. The summed E-state index contributed by atoms with van der Waals surface area (Å²) in [7, 11) is 0. The topological polar surface area (TPSA) is 100 Å². The Morgan fingerprint density at radius 1 is 1.17 bits per heavy atom. The molecule has 0 unspecified atom stereocenters. The molecular weight excluding hydrogens is 387 g/mol. The van der Waals surface area contributed by atoms with Gasteiger partial charge in [0.05, 0.1) is 30.0 Å². The molecule has 2 heterocycles. The fraction of sp³-hybridized carbons (Fsp3) is 0.182. The molecule has 2 aromatic carbocycles. The van der Waals surface area contributed by atoms with Crippen LogP contribution in [-0.2, 0) is 4.74 Å². The number of ether oxygens (including phenoxy) is 1. The molecule has 4 N–H and O–H groups in total. The lowest BCUT2D eigenvalue weighted by molar-refractivity contribution is 0.0303. The average Bonchev–Trinajstić information content (AvgIpc) is 2.78. The third kappa shape index (κ3) is 4.04. The predicted molar refractivity (Wildman–Crippen MR) is 113 cm³/mol. The number of amides is 1. The Bertz CT molecular complexity index is 1170. The molecule has 30 heavy (non-hydrogen) atoms. The van der Waals surface area contributed by atoms with Crippen molar-refractivity contribution in [2.24, 2.45) is 5.73 Å². The average molecular weight is 408 g/mol. The number of halogens is 1. The van der Waals surface area contributed by atoms with Crippen LogP contribution < -0.4 is 16.6 Å². The number of rotatable bonds is 4. The van der Waals surface area contributed by atoms with Crippen LogP contribution in [0.25, 0.3) is 16.6 Å². The largest absolute Gasteiger partial charge is 0.397 e. The van der Waals surface area contributed by atoms with Crippen LogP contribution in [0, 0.1) is 5.82 Å². The van der Waals surface area contributed by atoms with Crippen molar-refractivity contribution < 1.29 is 13.9 Å². The van der Waals surface area contributed by atoms with E-state index in [0.29, 0.717) is 43.1 Å². The molecule has 1 aliphatic rings. The van der Waals surface area contributed by atoms with Crippen molar-refractivity contribution in [1.29, 1.82) is 0 Å². The van der Waals surface area contributed by atoms with E-state index in [0.717, 1.165) is 0 Å². The van der Waals surface area contributed by atoms with Gasteiger partial charge in [-0.25, -0.2) is 4.39 Å². The number of anilines is 1. The van der Waals surface area contributed by atoms with Crippen molar-refractivity contribution in [3.8, 4) is 0 Å². The normalized spacial score (nSPS) is 14.7. The molecule has 1 aliphatic heterocycles. The third-order valence-electron chi connectivity index (χ3n) is 4.97. The lowest BCUT2D eigenvalue weighted by Crippen LogP contribution is -2.40. The van der Waals surface area contributed by atoms with Crippen LogP contribution in [0.1, 0.15) is 15.9 Å². The number of benzene rings is 2. The van der Waals surface area contributed by atoms with Crippen LogP contribution in [0.15, 0.2) is 59.5 Å². The van der Waals surface area contributed by atoms with E-state index in [4.69, 9.17) is 10.5 Å². The van der Waals surface area contributed by atoms with Gasteiger partial charge in [-0.15, -0.1) is 0 Å². The Morgan fingerprint density at radius 2 is 1.90 bits per heavy atom. The summed E-state index contributed by atoms with van der Waals surface area (Å²) in [4.78, 5) is 29.2. The zero-order valence-corrected chi connectivity index (χ0v) is 16.2. The van der Waals surface area contributed by atoms with Gasteiger partial charge in [-0.2, -0.15) is 0 Å². The van der Waals surface area contributed by atoms with Gasteiger partial charge < -0.3 is 25.7 Å². The van der Waals surface area contributed by atoms with Gasteiger partial charge >= 0.3 is 0 Å². The molecule has 1 aromatic heterocycles. The molecule has 1 saturated heterocycles. The molecule has 0 spiro atoms. The molecule has 0 atom stereocenters. The number of morpholine rings is 1. The molecule has 154 valence electrons. The highest BCUT2D eigenvalue weighted by Crippen LogP contribution is 2.18. The first-order valence-electron chi connectivity index (χ1n) is 9.54. The number of hydrogen-bond donors (Lipinski definition) is 3. The Labute approximate surface area is 172 Å². The minimum Gasteiger partial charge on any atom is -0.397 e. The van der Waals surface area contributed by atoms with E-state index >= 15 is 0 Å². The van der Waals surface area contributed by atoms with Gasteiger partial charge in [0.25, 0.3) is 11.5 Å². The fourth-order valence-corrected chi connectivity index (χ4v) is 3.30. The van der Waals surface area contributed by atoms with E-state index in [9.17, 15) is 14.0 Å². The molecule has 7 nitrogen and oxygen atoms in total. The van der Waals surface area contributed by atoms with Crippen molar-refractivity contribution in [3.05, 3.63) is 82.0 Å². The predicted octanol–water partition coefficient (Wildman–Crippen LogP) is 2.51. The minimum absolute atomic E-state index is 0.0374. The van der Waals surface area contributed by atoms with Crippen LogP contribution in [0.3, 0.4) is 0 Å². The highest BCUT2D eigenvalue weighted by atomic mass is 19.1. The summed E-state index contributed by atoms with van der Waals surface area (Å²) in [6.45, 7) is 2.26. The van der Waals surface area contributed by atoms with Crippen molar-refractivity contribution in [3.63, 3.8) is 0 Å². The lowest BCUT2D eigenvalue weighted by Gasteiger charge is -2.26. The van der Waals surface area contributed by atoms with Gasteiger partial charge in [0.15, 0.2) is 0 Å². The van der Waals surface area contributed by atoms with E-state index in [-0.39, 0.29) is 22.6 Å². The first-order chi connectivity index (χ1) is 14.5. The summed E-state index contributed by atoms with van der Waals surface area (Å²) in [6, 6.07) is 12.9. The van der Waals surface area contributed by atoms with Crippen LogP contribution in [0.5, 0.6) is 0 Å². The number of carbonyl (C=O) groups is 1. The summed E-state index contributed by atoms with van der Waals surface area (Å²) < 4.78 is 19.3. The first kappa shape index (κ1) is 19.7. The number of nitrogens with zero attached hydrogens (tertiary/aromatic N) is 1. The maximum atomic E-state index is 14.0. The second-order valence-corrected chi connectivity index (χ2v) is 6.94. The highest BCUT2D eigenvalue weighted by Gasteiger charge is 2.18. The molecule has 0 saturated carbocycles.